The lowest BCUT2D eigenvalue weighted by Gasteiger charge is -2.29. The molecule has 4 rings (SSSR count). The molecule has 0 radical (unpaired) electrons. The van der Waals surface area contributed by atoms with E-state index in [4.69, 9.17) is 0 Å². The molecule has 3 heterocycles. The molecule has 6 heteroatoms. The highest BCUT2D eigenvalue weighted by atomic mass is 16.1. The smallest absolute Gasteiger partial charge is 0.259 e. The number of benzene rings is 1. The second-order valence-corrected chi connectivity index (χ2v) is 6.78. The Morgan fingerprint density at radius 1 is 1.00 bits per heavy atom. The number of hydrogen-bond acceptors (Lipinski definition) is 4. The van der Waals surface area contributed by atoms with Crippen LogP contribution >= 0.6 is 0 Å². The molecule has 3 aromatic rings. The lowest BCUT2D eigenvalue weighted by molar-refractivity contribution is 0.102. The highest BCUT2D eigenvalue weighted by Gasteiger charge is 2.19. The monoisotopic (exact) mass is 361 g/mol. The van der Waals surface area contributed by atoms with E-state index in [1.165, 1.54) is 6.42 Å². The van der Waals surface area contributed by atoms with Gasteiger partial charge in [-0.2, -0.15) is 5.10 Å². The number of piperidine rings is 1. The van der Waals surface area contributed by atoms with Crippen molar-refractivity contribution in [1.29, 1.82) is 0 Å². The number of anilines is 2. The summed E-state index contributed by atoms with van der Waals surface area (Å²) in [6.45, 7) is 2.63. The normalized spacial score (nSPS) is 14.1. The molecule has 138 valence electrons. The van der Waals surface area contributed by atoms with Gasteiger partial charge in [-0.3, -0.25) is 9.48 Å². The first-order chi connectivity index (χ1) is 13.3. The van der Waals surface area contributed by atoms with Crippen molar-refractivity contribution in [2.45, 2.75) is 25.8 Å². The Balaban J connectivity index is 1.46. The summed E-state index contributed by atoms with van der Waals surface area (Å²) in [7, 11) is 0. The van der Waals surface area contributed by atoms with Gasteiger partial charge in [-0.1, -0.05) is 12.1 Å². The van der Waals surface area contributed by atoms with E-state index in [0.29, 0.717) is 12.1 Å². The van der Waals surface area contributed by atoms with Crippen LogP contribution in [0, 0.1) is 0 Å². The van der Waals surface area contributed by atoms with Crippen molar-refractivity contribution in [3.8, 4) is 0 Å². The third kappa shape index (κ3) is 4.16. The largest absolute Gasteiger partial charge is 0.356 e. The molecule has 1 aromatic carbocycles. The van der Waals surface area contributed by atoms with Crippen LogP contribution < -0.4 is 10.2 Å². The van der Waals surface area contributed by atoms with Crippen molar-refractivity contribution >= 4 is 17.4 Å². The maximum absolute atomic E-state index is 12.8. The first-order valence-electron chi connectivity index (χ1n) is 9.37. The first-order valence-corrected chi connectivity index (χ1v) is 9.37. The van der Waals surface area contributed by atoms with Gasteiger partial charge >= 0.3 is 0 Å². The Hall–Kier alpha value is -3.15. The fourth-order valence-electron chi connectivity index (χ4n) is 3.40. The van der Waals surface area contributed by atoms with Crippen molar-refractivity contribution < 1.29 is 4.79 Å². The van der Waals surface area contributed by atoms with E-state index in [0.717, 1.165) is 43.0 Å². The Morgan fingerprint density at radius 3 is 2.56 bits per heavy atom. The minimum absolute atomic E-state index is 0.122. The van der Waals surface area contributed by atoms with Crippen LogP contribution in [0.4, 0.5) is 11.5 Å². The van der Waals surface area contributed by atoms with Crippen molar-refractivity contribution in [1.82, 2.24) is 14.8 Å². The molecule has 0 atom stereocenters. The van der Waals surface area contributed by atoms with Crippen LogP contribution in [-0.2, 0) is 6.54 Å². The van der Waals surface area contributed by atoms with E-state index in [9.17, 15) is 4.79 Å². The van der Waals surface area contributed by atoms with Crippen molar-refractivity contribution in [2.75, 3.05) is 23.3 Å². The van der Waals surface area contributed by atoms with Crippen LogP contribution in [0.5, 0.6) is 0 Å². The molecule has 1 aliphatic rings. The number of carbonyl (C=O) groups is 1. The van der Waals surface area contributed by atoms with Crippen LogP contribution in [-0.4, -0.2) is 33.8 Å². The number of carbonyl (C=O) groups excluding carboxylic acids is 1. The number of nitrogens with zero attached hydrogens (tertiary/aromatic N) is 4. The predicted octanol–water partition coefficient (Wildman–Crippen LogP) is 3.57. The van der Waals surface area contributed by atoms with E-state index in [1.54, 1.807) is 12.4 Å². The number of amides is 1. The Kier molecular flexibility index (Phi) is 5.14. The average molecular weight is 361 g/mol. The highest BCUT2D eigenvalue weighted by molar-refractivity contribution is 6.07. The van der Waals surface area contributed by atoms with E-state index < -0.39 is 0 Å². The molecule has 0 saturated carbocycles. The lowest BCUT2D eigenvalue weighted by atomic mass is 10.1. The summed E-state index contributed by atoms with van der Waals surface area (Å²) in [5, 5.41) is 7.21. The third-order valence-corrected chi connectivity index (χ3v) is 4.80. The molecule has 0 spiro atoms. The predicted molar refractivity (Wildman–Crippen MR) is 106 cm³/mol. The van der Waals surface area contributed by atoms with Gasteiger partial charge in [-0.25, -0.2) is 4.98 Å². The van der Waals surface area contributed by atoms with Crippen LogP contribution in [0.3, 0.4) is 0 Å². The SMILES string of the molecule is O=C(Nc1ccc(Cn2cccn2)cc1)c1cccnc1N1CCCCC1. The van der Waals surface area contributed by atoms with Crippen molar-refractivity contribution in [2.24, 2.45) is 0 Å². The summed E-state index contributed by atoms with van der Waals surface area (Å²) >= 11 is 0. The number of pyridine rings is 1. The molecular formula is C21H23N5O. The van der Waals surface area contributed by atoms with Crippen molar-refractivity contribution in [3.05, 3.63) is 72.2 Å². The second kappa shape index (κ2) is 8.03. The molecule has 1 saturated heterocycles. The molecule has 0 unspecified atom stereocenters. The van der Waals surface area contributed by atoms with Gasteiger partial charge in [-0.05, 0) is 55.2 Å². The molecule has 0 aliphatic carbocycles. The van der Waals surface area contributed by atoms with Gasteiger partial charge in [0.25, 0.3) is 5.91 Å². The molecule has 1 amide bonds. The average Bonchev–Trinajstić information content (AvgIpc) is 3.23. The summed E-state index contributed by atoms with van der Waals surface area (Å²) in [6, 6.07) is 13.4. The molecule has 6 nitrogen and oxygen atoms in total. The van der Waals surface area contributed by atoms with Crippen LogP contribution in [0.15, 0.2) is 61.1 Å². The second-order valence-electron chi connectivity index (χ2n) is 6.78. The summed E-state index contributed by atoms with van der Waals surface area (Å²) < 4.78 is 1.87. The fraction of sp³-hybridized carbons (Fsp3) is 0.286. The molecule has 1 aliphatic heterocycles. The minimum atomic E-state index is -0.122. The Bertz CT molecular complexity index is 883. The molecule has 27 heavy (non-hydrogen) atoms. The van der Waals surface area contributed by atoms with Gasteiger partial charge in [0, 0.05) is 37.4 Å². The zero-order valence-corrected chi connectivity index (χ0v) is 15.2. The van der Waals surface area contributed by atoms with Crippen LogP contribution in [0.2, 0.25) is 0 Å². The zero-order valence-electron chi connectivity index (χ0n) is 15.2. The van der Waals surface area contributed by atoms with Crippen molar-refractivity contribution in [3.63, 3.8) is 0 Å². The quantitative estimate of drug-likeness (QED) is 0.755. The van der Waals surface area contributed by atoms with E-state index in [1.807, 2.05) is 53.3 Å². The molecule has 1 N–H and O–H groups in total. The molecule has 2 aromatic heterocycles. The summed E-state index contributed by atoms with van der Waals surface area (Å²) in [6.07, 6.45) is 8.99. The van der Waals surface area contributed by atoms with Gasteiger partial charge in [0.05, 0.1) is 12.1 Å². The topological polar surface area (TPSA) is 63.1 Å². The third-order valence-electron chi connectivity index (χ3n) is 4.80. The van der Waals surface area contributed by atoms with Gasteiger partial charge in [-0.15, -0.1) is 0 Å². The van der Waals surface area contributed by atoms with Gasteiger partial charge in [0.15, 0.2) is 0 Å². The minimum Gasteiger partial charge on any atom is -0.356 e. The fourth-order valence-corrected chi connectivity index (χ4v) is 3.40. The van der Waals surface area contributed by atoms with Crippen LogP contribution in [0.1, 0.15) is 35.2 Å². The lowest BCUT2D eigenvalue weighted by Crippen LogP contribution is -2.32. The highest BCUT2D eigenvalue weighted by Crippen LogP contribution is 2.22. The Labute approximate surface area is 158 Å². The van der Waals surface area contributed by atoms with E-state index in [2.05, 4.69) is 20.3 Å². The zero-order chi connectivity index (χ0) is 18.5. The first kappa shape index (κ1) is 17.3. The number of aromatic nitrogens is 3. The van der Waals surface area contributed by atoms with Gasteiger partial charge in [0.1, 0.15) is 5.82 Å². The van der Waals surface area contributed by atoms with Crippen LogP contribution in [0.25, 0.3) is 0 Å². The van der Waals surface area contributed by atoms with Gasteiger partial charge in [0.2, 0.25) is 0 Å². The number of hydrogen-bond donors (Lipinski definition) is 1. The summed E-state index contributed by atoms with van der Waals surface area (Å²) in [5.41, 5.74) is 2.53. The summed E-state index contributed by atoms with van der Waals surface area (Å²) in [5.74, 6) is 0.661. The van der Waals surface area contributed by atoms with E-state index in [-0.39, 0.29) is 5.91 Å². The number of nitrogens with one attached hydrogen (secondary N) is 1. The molecule has 0 bridgehead atoms. The Morgan fingerprint density at radius 2 is 1.81 bits per heavy atom. The summed E-state index contributed by atoms with van der Waals surface area (Å²) in [4.78, 5) is 19.5. The maximum atomic E-state index is 12.8. The van der Waals surface area contributed by atoms with Gasteiger partial charge < -0.3 is 10.2 Å². The maximum Gasteiger partial charge on any atom is 0.259 e. The molecule has 1 fully saturated rings. The molecular weight excluding hydrogens is 338 g/mol. The van der Waals surface area contributed by atoms with E-state index >= 15 is 0 Å². The standard InChI is InChI=1S/C21H23N5O/c27-21(19-6-4-11-22-20(19)25-13-2-1-3-14-25)24-18-9-7-17(8-10-18)16-26-15-5-12-23-26/h4-12,15H,1-3,13-14,16H2,(H,24,27). The number of rotatable bonds is 5.